The van der Waals surface area contributed by atoms with Gasteiger partial charge in [0.05, 0.1) is 18.8 Å². The molecule has 1 N–H and O–H groups in total. The fourth-order valence-corrected chi connectivity index (χ4v) is 1.69. The highest BCUT2D eigenvalue weighted by molar-refractivity contribution is 5.70. The monoisotopic (exact) mass is 233 g/mol. The van der Waals surface area contributed by atoms with E-state index in [4.69, 9.17) is 14.4 Å². The largest absolute Gasteiger partial charge is 0.475 e. The van der Waals surface area contributed by atoms with Crippen LogP contribution in [0.4, 0.5) is 0 Å². The minimum atomic E-state index is 0.0429. The lowest BCUT2D eigenvalue weighted by Gasteiger charge is -2.04. The normalized spacial score (nSPS) is 10.5. The fourth-order valence-electron chi connectivity index (χ4n) is 1.69. The fraction of sp³-hybridized carbons (Fsp3) is 0.308. The van der Waals surface area contributed by atoms with Crippen LogP contribution >= 0.6 is 0 Å². The van der Waals surface area contributed by atoms with Gasteiger partial charge in [-0.2, -0.15) is 0 Å². The molecule has 0 atom stereocenters. The highest BCUT2D eigenvalue weighted by Gasteiger charge is 2.15. The maximum Gasteiger partial charge on any atom is 0.262 e. The van der Waals surface area contributed by atoms with Gasteiger partial charge in [0, 0.05) is 0 Å². The summed E-state index contributed by atoms with van der Waals surface area (Å²) in [6, 6.07) is 7.59. The molecule has 0 radical (unpaired) electrons. The molecule has 0 saturated heterocycles. The van der Waals surface area contributed by atoms with Gasteiger partial charge in [-0.1, -0.05) is 24.3 Å². The predicted molar refractivity (Wildman–Crippen MR) is 63.8 cm³/mol. The first-order valence-corrected chi connectivity index (χ1v) is 5.55. The van der Waals surface area contributed by atoms with E-state index in [2.05, 4.69) is 5.16 Å². The van der Waals surface area contributed by atoms with Crippen molar-refractivity contribution in [1.82, 2.24) is 5.16 Å². The summed E-state index contributed by atoms with van der Waals surface area (Å²) in [5.41, 5.74) is 2.72. The van der Waals surface area contributed by atoms with E-state index in [-0.39, 0.29) is 6.61 Å². The van der Waals surface area contributed by atoms with Crippen LogP contribution in [0, 0.1) is 6.92 Å². The van der Waals surface area contributed by atoms with E-state index in [9.17, 15) is 0 Å². The molecule has 1 aromatic carbocycles. The van der Waals surface area contributed by atoms with Gasteiger partial charge in [0.2, 0.25) is 0 Å². The van der Waals surface area contributed by atoms with Crippen molar-refractivity contribution < 1.29 is 14.4 Å². The topological polar surface area (TPSA) is 55.5 Å². The van der Waals surface area contributed by atoms with Crippen molar-refractivity contribution in [2.24, 2.45) is 0 Å². The van der Waals surface area contributed by atoms with E-state index in [1.54, 1.807) is 0 Å². The minimum absolute atomic E-state index is 0.0429. The van der Waals surface area contributed by atoms with Crippen LogP contribution in [0.15, 0.2) is 28.8 Å². The highest BCUT2D eigenvalue weighted by atomic mass is 16.5. The summed E-state index contributed by atoms with van der Waals surface area (Å²) in [6.45, 7) is 4.35. The van der Waals surface area contributed by atoms with E-state index in [1.165, 1.54) is 0 Å². The summed E-state index contributed by atoms with van der Waals surface area (Å²) in [5.74, 6) is 1.24. The van der Waals surface area contributed by atoms with Gasteiger partial charge in [-0.05, 0) is 30.1 Å². The van der Waals surface area contributed by atoms with Crippen LogP contribution in [-0.2, 0) is 6.61 Å². The van der Waals surface area contributed by atoms with Gasteiger partial charge in [-0.25, -0.2) is 0 Å². The molecule has 0 aliphatic heterocycles. The molecule has 4 heteroatoms. The number of aromatic nitrogens is 1. The predicted octanol–water partition coefficient (Wildman–Crippen LogP) is 2.54. The molecular weight excluding hydrogens is 218 g/mol. The third kappa shape index (κ3) is 2.31. The first kappa shape index (κ1) is 11.7. The van der Waals surface area contributed by atoms with E-state index in [0.717, 1.165) is 22.5 Å². The zero-order valence-corrected chi connectivity index (χ0v) is 9.93. The second-order valence-corrected chi connectivity index (χ2v) is 3.71. The Morgan fingerprint density at radius 1 is 1.29 bits per heavy atom. The first-order valence-electron chi connectivity index (χ1n) is 5.55. The number of aliphatic hydroxyl groups is 1. The van der Waals surface area contributed by atoms with Crippen molar-refractivity contribution in [3.8, 4) is 17.0 Å². The summed E-state index contributed by atoms with van der Waals surface area (Å²) in [5, 5.41) is 12.9. The Hall–Kier alpha value is -1.81. The summed E-state index contributed by atoms with van der Waals surface area (Å²) in [6.07, 6.45) is 0. The zero-order chi connectivity index (χ0) is 12.3. The molecule has 0 amide bonds. The quantitative estimate of drug-likeness (QED) is 0.881. The van der Waals surface area contributed by atoms with Crippen molar-refractivity contribution in [2.75, 3.05) is 6.61 Å². The average molecular weight is 233 g/mol. The van der Waals surface area contributed by atoms with E-state index >= 15 is 0 Å². The number of hydrogen-bond acceptors (Lipinski definition) is 4. The third-order valence-electron chi connectivity index (χ3n) is 2.54. The van der Waals surface area contributed by atoms with Crippen molar-refractivity contribution in [2.45, 2.75) is 20.5 Å². The lowest BCUT2D eigenvalue weighted by Crippen LogP contribution is -1.93. The molecule has 0 aliphatic carbocycles. The molecule has 17 heavy (non-hydrogen) atoms. The van der Waals surface area contributed by atoms with Crippen LogP contribution in [0.3, 0.4) is 0 Å². The Labute approximate surface area is 99.8 Å². The lowest BCUT2D eigenvalue weighted by molar-refractivity contribution is 0.282. The number of ether oxygens (including phenoxy) is 1. The minimum Gasteiger partial charge on any atom is -0.475 e. The van der Waals surface area contributed by atoms with Gasteiger partial charge >= 0.3 is 0 Å². The van der Waals surface area contributed by atoms with Crippen LogP contribution in [0.1, 0.15) is 18.2 Å². The molecule has 1 heterocycles. The number of aliphatic hydroxyl groups excluding tert-OH is 1. The summed E-state index contributed by atoms with van der Waals surface area (Å²) >= 11 is 0. The van der Waals surface area contributed by atoms with E-state index in [1.807, 2.05) is 38.1 Å². The number of nitrogens with zero attached hydrogens (tertiary/aromatic N) is 1. The molecule has 0 unspecified atom stereocenters. The van der Waals surface area contributed by atoms with Gasteiger partial charge in [0.1, 0.15) is 5.76 Å². The molecule has 0 spiro atoms. The molecular formula is C13H15NO3. The first-order chi connectivity index (χ1) is 8.26. The molecule has 0 saturated carbocycles. The number of hydrogen-bond donors (Lipinski definition) is 1. The Morgan fingerprint density at radius 2 is 2.00 bits per heavy atom. The molecule has 90 valence electrons. The Balaban J connectivity index is 2.40. The molecule has 4 nitrogen and oxygen atoms in total. The molecule has 2 aromatic rings. The number of rotatable bonds is 4. The Morgan fingerprint density at radius 3 is 2.59 bits per heavy atom. The van der Waals surface area contributed by atoms with Gasteiger partial charge in [-0.15, -0.1) is 0 Å². The van der Waals surface area contributed by atoms with Crippen molar-refractivity contribution in [3.63, 3.8) is 0 Å². The number of aryl methyl sites for hydroxylation is 1. The van der Waals surface area contributed by atoms with Crippen LogP contribution in [0.5, 0.6) is 5.88 Å². The zero-order valence-electron chi connectivity index (χ0n) is 9.93. The second-order valence-electron chi connectivity index (χ2n) is 3.71. The average Bonchev–Trinajstić information content (AvgIpc) is 2.71. The Bertz CT molecular complexity index is 488. The Kier molecular flexibility index (Phi) is 3.44. The van der Waals surface area contributed by atoms with Crippen LogP contribution < -0.4 is 4.74 Å². The number of benzene rings is 1. The summed E-state index contributed by atoms with van der Waals surface area (Å²) in [7, 11) is 0. The maximum atomic E-state index is 9.00. The van der Waals surface area contributed by atoms with Crippen molar-refractivity contribution in [3.05, 3.63) is 35.6 Å². The van der Waals surface area contributed by atoms with Gasteiger partial charge in [0.25, 0.3) is 5.88 Å². The van der Waals surface area contributed by atoms with E-state index < -0.39 is 0 Å². The summed E-state index contributed by atoms with van der Waals surface area (Å²) in [4.78, 5) is 0. The molecule has 0 bridgehead atoms. The SMILES string of the molecule is CCOc1noc(C)c1-c1ccc(CO)cc1. The molecule has 0 fully saturated rings. The smallest absolute Gasteiger partial charge is 0.262 e. The summed E-state index contributed by atoms with van der Waals surface area (Å²) < 4.78 is 10.5. The molecule has 0 aliphatic rings. The van der Waals surface area contributed by atoms with Crippen molar-refractivity contribution in [1.29, 1.82) is 0 Å². The lowest BCUT2D eigenvalue weighted by atomic mass is 10.0. The van der Waals surface area contributed by atoms with Crippen LogP contribution in [0.25, 0.3) is 11.1 Å². The van der Waals surface area contributed by atoms with Gasteiger partial charge in [-0.3, -0.25) is 0 Å². The molecule has 2 rings (SSSR count). The highest BCUT2D eigenvalue weighted by Crippen LogP contribution is 2.32. The second kappa shape index (κ2) is 5.01. The van der Waals surface area contributed by atoms with Gasteiger partial charge < -0.3 is 14.4 Å². The van der Waals surface area contributed by atoms with Crippen molar-refractivity contribution >= 4 is 0 Å². The maximum absolute atomic E-state index is 9.00. The standard InChI is InChI=1S/C13H15NO3/c1-3-16-13-12(9(2)17-14-13)11-6-4-10(8-15)5-7-11/h4-7,15H,3,8H2,1-2H3. The molecule has 1 aromatic heterocycles. The van der Waals surface area contributed by atoms with Crippen LogP contribution in [-0.4, -0.2) is 16.9 Å². The van der Waals surface area contributed by atoms with E-state index in [0.29, 0.717) is 12.5 Å². The van der Waals surface area contributed by atoms with Crippen LogP contribution in [0.2, 0.25) is 0 Å². The van der Waals surface area contributed by atoms with Gasteiger partial charge in [0.15, 0.2) is 0 Å². The third-order valence-corrected chi connectivity index (χ3v) is 2.54.